The van der Waals surface area contributed by atoms with E-state index in [0.717, 1.165) is 12.6 Å². The van der Waals surface area contributed by atoms with Gasteiger partial charge in [0, 0.05) is 6.04 Å². The summed E-state index contributed by atoms with van der Waals surface area (Å²) in [6.45, 7) is 19.7. The molecule has 0 rings (SSSR count). The lowest BCUT2D eigenvalue weighted by atomic mass is 10.1. The second-order valence-electron chi connectivity index (χ2n) is 5.62. The first-order chi connectivity index (χ1) is 9.71. The summed E-state index contributed by atoms with van der Waals surface area (Å²) in [6, 6.07) is 0.717. The lowest BCUT2D eigenvalue weighted by molar-refractivity contribution is 0.238. The quantitative estimate of drug-likeness (QED) is 0.529. The molecule has 0 radical (unpaired) electrons. The van der Waals surface area contributed by atoms with Crippen molar-refractivity contribution in [2.24, 2.45) is 0 Å². The summed E-state index contributed by atoms with van der Waals surface area (Å²) in [5.74, 6) is 0. The summed E-state index contributed by atoms with van der Waals surface area (Å²) in [7, 11) is 0. The summed E-state index contributed by atoms with van der Waals surface area (Å²) in [5.41, 5.74) is 0. The monoisotopic (exact) mass is 285 g/mol. The maximum absolute atomic E-state index is 3.57. The van der Waals surface area contributed by atoms with Crippen molar-refractivity contribution in [1.29, 1.82) is 0 Å². The van der Waals surface area contributed by atoms with Crippen molar-refractivity contribution < 1.29 is 0 Å². The highest BCUT2D eigenvalue weighted by atomic mass is 15.1. The van der Waals surface area contributed by atoms with Gasteiger partial charge < -0.3 is 15.1 Å². The fourth-order valence-corrected chi connectivity index (χ4v) is 2.79. The topological polar surface area (TPSA) is 18.5 Å². The molecule has 0 saturated heterocycles. The number of hydrogen-bond acceptors (Lipinski definition) is 3. The largest absolute Gasteiger partial charge is 0.314 e. The number of hydrogen-bond donors (Lipinski definition) is 1. The summed E-state index contributed by atoms with van der Waals surface area (Å²) in [5, 5.41) is 3.57. The van der Waals surface area contributed by atoms with Crippen molar-refractivity contribution in [3.63, 3.8) is 0 Å². The van der Waals surface area contributed by atoms with Crippen LogP contribution in [0.15, 0.2) is 0 Å². The van der Waals surface area contributed by atoms with Gasteiger partial charge >= 0.3 is 0 Å². The van der Waals surface area contributed by atoms with E-state index in [-0.39, 0.29) is 0 Å². The standard InChI is InChI=1S/C17H39N3/c1-6-17(18-7-2)13-11-14-20(10-5)16-12-15-19(8-3)9-4/h17-18H,6-16H2,1-5H3. The molecule has 1 unspecified atom stereocenters. The molecule has 0 amide bonds. The van der Waals surface area contributed by atoms with Crippen LogP contribution in [-0.2, 0) is 0 Å². The third kappa shape index (κ3) is 9.73. The van der Waals surface area contributed by atoms with Crippen LogP contribution in [0.2, 0.25) is 0 Å². The van der Waals surface area contributed by atoms with Gasteiger partial charge in [0.05, 0.1) is 0 Å². The molecule has 0 aliphatic heterocycles. The van der Waals surface area contributed by atoms with Crippen molar-refractivity contribution >= 4 is 0 Å². The van der Waals surface area contributed by atoms with Gasteiger partial charge in [-0.25, -0.2) is 0 Å². The van der Waals surface area contributed by atoms with Crippen molar-refractivity contribution in [1.82, 2.24) is 15.1 Å². The maximum Gasteiger partial charge on any atom is 0.00647 e. The molecular weight excluding hydrogens is 246 g/mol. The lowest BCUT2D eigenvalue weighted by Gasteiger charge is -2.24. The van der Waals surface area contributed by atoms with E-state index in [1.165, 1.54) is 65.0 Å². The first kappa shape index (κ1) is 19.9. The molecule has 3 heteroatoms. The molecule has 0 aliphatic carbocycles. The van der Waals surface area contributed by atoms with Crippen LogP contribution < -0.4 is 5.32 Å². The second-order valence-corrected chi connectivity index (χ2v) is 5.62. The average Bonchev–Trinajstić information content (AvgIpc) is 2.48. The molecule has 0 spiro atoms. The van der Waals surface area contributed by atoms with E-state index in [1.54, 1.807) is 0 Å². The zero-order valence-corrected chi connectivity index (χ0v) is 14.7. The molecule has 0 saturated carbocycles. The van der Waals surface area contributed by atoms with Crippen molar-refractivity contribution in [2.45, 2.75) is 66.3 Å². The Morgan fingerprint density at radius 3 is 1.80 bits per heavy atom. The van der Waals surface area contributed by atoms with E-state index in [2.05, 4.69) is 49.7 Å². The summed E-state index contributed by atoms with van der Waals surface area (Å²) >= 11 is 0. The third-order valence-electron chi connectivity index (χ3n) is 4.30. The van der Waals surface area contributed by atoms with E-state index in [4.69, 9.17) is 0 Å². The Kier molecular flexibility index (Phi) is 13.8. The zero-order valence-electron chi connectivity index (χ0n) is 14.7. The van der Waals surface area contributed by atoms with E-state index in [1.807, 2.05) is 0 Å². The molecule has 1 N–H and O–H groups in total. The predicted octanol–water partition coefficient (Wildman–Crippen LogP) is 3.21. The third-order valence-corrected chi connectivity index (χ3v) is 4.30. The van der Waals surface area contributed by atoms with Crippen LogP contribution in [0.4, 0.5) is 0 Å². The van der Waals surface area contributed by atoms with E-state index in [0.29, 0.717) is 0 Å². The Labute approximate surface area is 128 Å². The molecule has 122 valence electrons. The lowest BCUT2D eigenvalue weighted by Crippen LogP contribution is -2.32. The van der Waals surface area contributed by atoms with Gasteiger partial charge in [0.15, 0.2) is 0 Å². The molecule has 1 atom stereocenters. The first-order valence-corrected chi connectivity index (χ1v) is 8.89. The Hall–Kier alpha value is -0.120. The highest BCUT2D eigenvalue weighted by molar-refractivity contribution is 4.66. The molecule has 0 heterocycles. The summed E-state index contributed by atoms with van der Waals surface area (Å²) in [4.78, 5) is 5.13. The van der Waals surface area contributed by atoms with Crippen LogP contribution in [0.5, 0.6) is 0 Å². The van der Waals surface area contributed by atoms with E-state index < -0.39 is 0 Å². The van der Waals surface area contributed by atoms with Gasteiger partial charge in [-0.05, 0) is 71.5 Å². The predicted molar refractivity (Wildman–Crippen MR) is 91.5 cm³/mol. The minimum atomic E-state index is 0.717. The van der Waals surface area contributed by atoms with E-state index in [9.17, 15) is 0 Å². The van der Waals surface area contributed by atoms with Crippen LogP contribution in [0, 0.1) is 0 Å². The highest BCUT2D eigenvalue weighted by Gasteiger charge is 2.07. The smallest absolute Gasteiger partial charge is 0.00647 e. The maximum atomic E-state index is 3.57. The van der Waals surface area contributed by atoms with Crippen molar-refractivity contribution in [3.8, 4) is 0 Å². The van der Waals surface area contributed by atoms with Crippen LogP contribution in [0.3, 0.4) is 0 Å². The molecule has 0 bridgehead atoms. The van der Waals surface area contributed by atoms with Crippen molar-refractivity contribution in [2.75, 3.05) is 45.8 Å². The molecule has 0 aliphatic rings. The Bertz CT molecular complexity index is 193. The van der Waals surface area contributed by atoms with E-state index >= 15 is 0 Å². The first-order valence-electron chi connectivity index (χ1n) is 8.89. The van der Waals surface area contributed by atoms with Gasteiger partial charge in [0.25, 0.3) is 0 Å². The summed E-state index contributed by atoms with van der Waals surface area (Å²) < 4.78 is 0. The molecule has 3 nitrogen and oxygen atoms in total. The molecule has 20 heavy (non-hydrogen) atoms. The number of rotatable bonds is 14. The van der Waals surface area contributed by atoms with Crippen LogP contribution in [0.1, 0.15) is 60.3 Å². The van der Waals surface area contributed by atoms with Crippen molar-refractivity contribution in [3.05, 3.63) is 0 Å². The fraction of sp³-hybridized carbons (Fsp3) is 1.00. The zero-order chi connectivity index (χ0) is 15.2. The van der Waals surface area contributed by atoms with Crippen LogP contribution >= 0.6 is 0 Å². The molecular formula is C17H39N3. The minimum Gasteiger partial charge on any atom is -0.314 e. The highest BCUT2D eigenvalue weighted by Crippen LogP contribution is 2.04. The normalized spacial score (nSPS) is 13.3. The fourth-order valence-electron chi connectivity index (χ4n) is 2.79. The van der Waals surface area contributed by atoms with Crippen LogP contribution in [-0.4, -0.2) is 61.7 Å². The van der Waals surface area contributed by atoms with Crippen LogP contribution in [0.25, 0.3) is 0 Å². The molecule has 0 fully saturated rings. The molecule has 0 aromatic heterocycles. The van der Waals surface area contributed by atoms with Gasteiger partial charge in [-0.3, -0.25) is 0 Å². The van der Waals surface area contributed by atoms with Gasteiger partial charge in [-0.1, -0.05) is 34.6 Å². The number of nitrogens with one attached hydrogen (secondary N) is 1. The van der Waals surface area contributed by atoms with Gasteiger partial charge in [-0.15, -0.1) is 0 Å². The number of nitrogens with zero attached hydrogens (tertiary/aromatic N) is 2. The SMILES string of the molecule is CCNC(CC)CCCN(CC)CCCN(CC)CC. The average molecular weight is 286 g/mol. The Morgan fingerprint density at radius 2 is 1.30 bits per heavy atom. The van der Waals surface area contributed by atoms with Gasteiger partial charge in [0.2, 0.25) is 0 Å². The minimum absolute atomic E-state index is 0.717. The Balaban J connectivity index is 3.75. The second kappa shape index (κ2) is 13.8. The van der Waals surface area contributed by atoms with Gasteiger partial charge in [-0.2, -0.15) is 0 Å². The summed E-state index contributed by atoms with van der Waals surface area (Å²) in [6.07, 6.45) is 5.20. The molecule has 0 aromatic rings. The van der Waals surface area contributed by atoms with Gasteiger partial charge in [0.1, 0.15) is 0 Å². The molecule has 0 aromatic carbocycles. The Morgan fingerprint density at radius 1 is 0.750 bits per heavy atom.